The molecule has 270 valence electrons. The SMILES string of the molecule is CN(Cc1cc(O)ccc1-c1cccc(-n2c(=O)n([C@H]3CC[C@@H](NCc4cn5c(n4)C=CC(F)C5)CC3)c(=O)c3cc(F)cnc32)c1)C1(CO)CC1. The molecule has 8 rings (SSSR count). The van der Waals surface area contributed by atoms with Gasteiger partial charge in [0.1, 0.15) is 23.6 Å². The van der Waals surface area contributed by atoms with Crippen LogP contribution in [0.25, 0.3) is 33.9 Å². The van der Waals surface area contributed by atoms with Crippen molar-refractivity contribution in [2.45, 2.75) is 82.0 Å². The first-order valence-corrected chi connectivity index (χ1v) is 17.8. The van der Waals surface area contributed by atoms with Gasteiger partial charge in [-0.1, -0.05) is 18.2 Å². The maximum Gasteiger partial charge on any atom is 0.337 e. The molecule has 0 spiro atoms. The smallest absolute Gasteiger partial charge is 0.337 e. The number of likely N-dealkylation sites (N-methyl/N-ethyl adjacent to an activating group) is 1. The van der Waals surface area contributed by atoms with Crippen molar-refractivity contribution in [1.82, 2.24) is 33.9 Å². The number of alkyl halides is 1. The molecular weight excluding hydrogens is 668 g/mol. The molecule has 2 saturated carbocycles. The number of rotatable bonds is 10. The summed E-state index contributed by atoms with van der Waals surface area (Å²) in [6.45, 7) is 1.32. The minimum Gasteiger partial charge on any atom is -0.508 e. The molecule has 0 amide bonds. The van der Waals surface area contributed by atoms with Crippen LogP contribution in [0.15, 0.2) is 76.6 Å². The van der Waals surface area contributed by atoms with Crippen molar-refractivity contribution in [2.24, 2.45) is 0 Å². The largest absolute Gasteiger partial charge is 0.508 e. The summed E-state index contributed by atoms with van der Waals surface area (Å²) < 4.78 is 32.8. The van der Waals surface area contributed by atoms with Crippen LogP contribution in [0.3, 0.4) is 0 Å². The van der Waals surface area contributed by atoms with Crippen molar-refractivity contribution in [3.8, 4) is 22.6 Å². The number of nitrogens with zero attached hydrogens (tertiary/aromatic N) is 6. The van der Waals surface area contributed by atoms with Gasteiger partial charge < -0.3 is 20.1 Å². The molecule has 0 bridgehead atoms. The summed E-state index contributed by atoms with van der Waals surface area (Å²) in [7, 11) is 1.96. The molecule has 52 heavy (non-hydrogen) atoms. The van der Waals surface area contributed by atoms with E-state index >= 15 is 0 Å². The van der Waals surface area contributed by atoms with Gasteiger partial charge in [0.2, 0.25) is 0 Å². The number of aliphatic hydroxyl groups is 1. The second-order valence-corrected chi connectivity index (χ2v) is 14.5. The maximum atomic E-state index is 14.6. The second-order valence-electron chi connectivity index (χ2n) is 14.5. The number of pyridine rings is 1. The van der Waals surface area contributed by atoms with Crippen molar-refractivity contribution in [1.29, 1.82) is 0 Å². The highest BCUT2D eigenvalue weighted by Gasteiger charge is 2.45. The zero-order chi connectivity index (χ0) is 36.1. The van der Waals surface area contributed by atoms with Crippen LogP contribution in [0, 0.1) is 5.82 Å². The minimum atomic E-state index is -1.02. The van der Waals surface area contributed by atoms with E-state index in [9.17, 15) is 28.6 Å². The lowest BCUT2D eigenvalue weighted by atomic mass is 9.91. The van der Waals surface area contributed by atoms with Crippen LogP contribution in [0.5, 0.6) is 5.75 Å². The number of allylic oxidation sites excluding steroid dienone is 1. The van der Waals surface area contributed by atoms with Gasteiger partial charge in [0.15, 0.2) is 5.65 Å². The summed E-state index contributed by atoms with van der Waals surface area (Å²) in [6, 6.07) is 13.4. The Balaban J connectivity index is 1.09. The van der Waals surface area contributed by atoms with Crippen LogP contribution in [-0.2, 0) is 19.6 Å². The number of aliphatic hydroxyl groups excluding tert-OH is 1. The molecule has 3 N–H and O–H groups in total. The van der Waals surface area contributed by atoms with Crippen molar-refractivity contribution in [3.05, 3.63) is 111 Å². The Morgan fingerprint density at radius 2 is 1.88 bits per heavy atom. The predicted octanol–water partition coefficient (Wildman–Crippen LogP) is 4.85. The summed E-state index contributed by atoms with van der Waals surface area (Å²) >= 11 is 0. The van der Waals surface area contributed by atoms with Gasteiger partial charge in [-0.2, -0.15) is 0 Å². The van der Waals surface area contributed by atoms with Gasteiger partial charge in [-0.3, -0.25) is 14.3 Å². The fourth-order valence-corrected chi connectivity index (χ4v) is 7.85. The van der Waals surface area contributed by atoms with Crippen LogP contribution in [0.2, 0.25) is 0 Å². The van der Waals surface area contributed by atoms with Crippen LogP contribution in [-0.4, -0.2) is 70.2 Å². The van der Waals surface area contributed by atoms with Gasteiger partial charge >= 0.3 is 5.69 Å². The summed E-state index contributed by atoms with van der Waals surface area (Å²) in [5.41, 5.74) is 2.45. The van der Waals surface area contributed by atoms with Crippen molar-refractivity contribution in [3.63, 3.8) is 0 Å². The Labute approximate surface area is 298 Å². The highest BCUT2D eigenvalue weighted by atomic mass is 19.1. The number of aromatic hydroxyl groups is 1. The molecule has 1 unspecified atom stereocenters. The predicted molar refractivity (Wildman–Crippen MR) is 193 cm³/mol. The topological polar surface area (TPSA) is 130 Å². The highest BCUT2D eigenvalue weighted by molar-refractivity contribution is 5.77. The molecule has 3 aliphatic rings. The second kappa shape index (κ2) is 13.5. The molecule has 2 aromatic carbocycles. The molecule has 13 heteroatoms. The van der Waals surface area contributed by atoms with Gasteiger partial charge in [0.25, 0.3) is 5.56 Å². The average Bonchev–Trinajstić information content (AvgIpc) is 3.85. The average molecular weight is 710 g/mol. The zero-order valence-electron chi connectivity index (χ0n) is 28.9. The van der Waals surface area contributed by atoms with E-state index in [2.05, 4.69) is 20.2 Å². The lowest BCUT2D eigenvalue weighted by Crippen LogP contribution is -2.44. The first-order valence-electron chi connectivity index (χ1n) is 17.8. The summed E-state index contributed by atoms with van der Waals surface area (Å²) in [5, 5.41) is 23.9. The monoisotopic (exact) mass is 709 g/mol. The van der Waals surface area contributed by atoms with E-state index in [1.165, 1.54) is 15.2 Å². The number of fused-ring (bicyclic) bond motifs is 2. The number of halogens is 2. The molecule has 5 aromatic rings. The van der Waals surface area contributed by atoms with Gasteiger partial charge in [-0.15, -0.1) is 0 Å². The molecule has 2 aliphatic carbocycles. The Bertz CT molecular complexity index is 2300. The number of phenolic OH excluding ortho intramolecular Hbond substituents is 1. The van der Waals surface area contributed by atoms with E-state index < -0.39 is 29.3 Å². The highest BCUT2D eigenvalue weighted by Crippen LogP contribution is 2.42. The van der Waals surface area contributed by atoms with Crippen molar-refractivity contribution >= 4 is 17.1 Å². The van der Waals surface area contributed by atoms with E-state index in [0.29, 0.717) is 44.5 Å². The third kappa shape index (κ3) is 6.37. The van der Waals surface area contributed by atoms with Gasteiger partial charge in [-0.05, 0) is 105 Å². The third-order valence-electron chi connectivity index (χ3n) is 11.1. The van der Waals surface area contributed by atoms with Gasteiger partial charge in [-0.25, -0.2) is 28.1 Å². The molecule has 11 nitrogen and oxygen atoms in total. The fourth-order valence-electron chi connectivity index (χ4n) is 7.85. The quantitative estimate of drug-likeness (QED) is 0.188. The number of imidazole rings is 1. The van der Waals surface area contributed by atoms with Crippen LogP contribution < -0.4 is 16.6 Å². The Morgan fingerprint density at radius 3 is 2.65 bits per heavy atom. The van der Waals surface area contributed by atoms with Crippen LogP contribution in [0.4, 0.5) is 8.78 Å². The van der Waals surface area contributed by atoms with E-state index in [-0.39, 0.29) is 41.5 Å². The molecule has 1 aliphatic heterocycles. The normalized spacial score (nSPS) is 20.8. The van der Waals surface area contributed by atoms with Crippen molar-refractivity contribution < 1.29 is 19.0 Å². The summed E-state index contributed by atoms with van der Waals surface area (Å²) in [5.74, 6) is 0.186. The Kier molecular flexibility index (Phi) is 8.88. The Hall–Kier alpha value is -4.98. The fraction of sp³-hybridized carbons (Fsp3) is 0.385. The first kappa shape index (κ1) is 34.1. The summed E-state index contributed by atoms with van der Waals surface area (Å²) in [6.07, 6.45) is 9.40. The minimum absolute atomic E-state index is 0.0178. The molecule has 1 atom stereocenters. The number of benzene rings is 2. The number of aromatic nitrogens is 5. The van der Waals surface area contributed by atoms with E-state index in [1.807, 2.05) is 42.1 Å². The third-order valence-corrected chi connectivity index (χ3v) is 11.1. The van der Waals surface area contributed by atoms with Crippen LogP contribution in [0.1, 0.15) is 61.6 Å². The molecule has 2 fully saturated rings. The maximum absolute atomic E-state index is 14.6. The molecule has 4 heterocycles. The molecule has 0 radical (unpaired) electrons. The van der Waals surface area contributed by atoms with Gasteiger partial charge in [0, 0.05) is 36.9 Å². The number of hydrogen-bond acceptors (Lipinski definition) is 8. The molecular formula is C39H41F2N7O4. The van der Waals surface area contributed by atoms with Crippen molar-refractivity contribution in [2.75, 3.05) is 13.7 Å². The number of hydrogen-bond donors (Lipinski definition) is 3. The number of nitrogens with one attached hydrogen (secondary N) is 1. The van der Waals surface area contributed by atoms with Crippen LogP contribution >= 0.6 is 0 Å². The van der Waals surface area contributed by atoms with E-state index in [4.69, 9.17) is 0 Å². The van der Waals surface area contributed by atoms with E-state index in [1.54, 1.807) is 24.3 Å². The number of phenols is 1. The lowest BCUT2D eigenvalue weighted by Gasteiger charge is -2.30. The first-order chi connectivity index (χ1) is 25.1. The zero-order valence-corrected chi connectivity index (χ0v) is 28.9. The standard InChI is InChI=1S/C39H41F2N7O4/c1-45(39(23-49)13-14-39)20-25-16-32(50)10-11-33(25)24-3-2-4-31(15-24)47-36-34(17-27(41)18-43-36)37(51)48(38(47)52)30-8-6-28(7-9-30)42-19-29-22-46-21-26(40)5-12-35(46)44-29/h2-5,10-12,15-18,22,26,28,30,42,49-50H,6-9,13-14,19-21,23H2,1H3/t26?,28-,30+. The molecule has 3 aromatic heterocycles. The summed E-state index contributed by atoms with van der Waals surface area (Å²) in [4.78, 5) is 39.3. The molecule has 0 saturated heterocycles. The van der Waals surface area contributed by atoms with Gasteiger partial charge in [0.05, 0.1) is 36.1 Å². The van der Waals surface area contributed by atoms with E-state index in [0.717, 1.165) is 53.3 Å². The Morgan fingerprint density at radius 1 is 1.08 bits per heavy atom. The lowest BCUT2D eigenvalue weighted by molar-refractivity contribution is 0.123.